The molecule has 0 saturated carbocycles. The number of hydrogen-bond donors (Lipinski definition) is 5. The first-order chi connectivity index (χ1) is 22.3. The number of aromatic hydroxyl groups is 1. The minimum Gasteiger partial charge on any atom is -0.505 e. The Balaban J connectivity index is 1.70. The van der Waals surface area contributed by atoms with E-state index in [9.17, 15) is 31.0 Å². The topological polar surface area (TPSA) is 246 Å². The number of benzene rings is 4. The van der Waals surface area contributed by atoms with E-state index in [4.69, 9.17) is 16.9 Å². The van der Waals surface area contributed by atoms with Gasteiger partial charge in [0.2, 0.25) is 17.2 Å². The van der Waals surface area contributed by atoms with Crippen LogP contribution in [0.3, 0.4) is 0 Å². The van der Waals surface area contributed by atoms with Crippen molar-refractivity contribution in [2.45, 2.75) is 14.7 Å². The van der Waals surface area contributed by atoms with Gasteiger partial charge in [0, 0.05) is 18.1 Å². The Hall–Kier alpha value is -4.51. The number of fused-ring (bicyclic) bond motifs is 1. The van der Waals surface area contributed by atoms with Crippen LogP contribution in [0.4, 0.5) is 34.6 Å². The van der Waals surface area contributed by atoms with Crippen LogP contribution in [0.2, 0.25) is 5.28 Å². The molecule has 0 aliphatic heterocycles. The molecule has 0 aliphatic rings. The molecule has 0 radical (unpaired) electrons. The highest BCUT2D eigenvalue weighted by molar-refractivity contribution is 7.94. The van der Waals surface area contributed by atoms with Crippen molar-refractivity contribution in [3.05, 3.63) is 78.1 Å². The summed E-state index contributed by atoms with van der Waals surface area (Å²) in [6.45, 7) is 0. The molecule has 47 heavy (non-hydrogen) atoms. The van der Waals surface area contributed by atoms with E-state index < -0.39 is 35.8 Å². The van der Waals surface area contributed by atoms with Gasteiger partial charge in [-0.3, -0.25) is 9.11 Å². The Kier molecular flexibility index (Phi) is 9.86. The van der Waals surface area contributed by atoms with Gasteiger partial charge < -0.3 is 15.3 Å². The first-order valence-electron chi connectivity index (χ1n) is 12.7. The molecule has 0 atom stereocenters. The molecule has 1 aromatic heterocycles. The molecular formula is C26H20ClN7O10S3. The molecule has 5 N–H and O–H groups in total. The van der Waals surface area contributed by atoms with Crippen LogP contribution in [0.25, 0.3) is 10.8 Å². The summed E-state index contributed by atoms with van der Waals surface area (Å²) in [5.74, 6) is -0.785. The van der Waals surface area contributed by atoms with Gasteiger partial charge >= 0.3 is 0 Å². The van der Waals surface area contributed by atoms with Gasteiger partial charge in [-0.25, -0.2) is 5.26 Å². The van der Waals surface area contributed by atoms with Crippen LogP contribution in [0.1, 0.15) is 0 Å². The number of nitrogens with one attached hydrogen (secondary N) is 1. The summed E-state index contributed by atoms with van der Waals surface area (Å²) in [4.78, 5) is 12.8. The summed E-state index contributed by atoms with van der Waals surface area (Å²) >= 11 is 6.50. The van der Waals surface area contributed by atoms with Crippen molar-refractivity contribution in [1.82, 2.24) is 15.0 Å². The second-order valence-corrected chi connectivity index (χ2v) is 13.1. The zero-order chi connectivity index (χ0) is 33.9. The lowest BCUT2D eigenvalue weighted by atomic mass is 10.1. The van der Waals surface area contributed by atoms with E-state index in [-0.39, 0.29) is 49.9 Å². The third kappa shape index (κ3) is 7.73. The lowest BCUT2D eigenvalue weighted by molar-refractivity contribution is -0.432. The summed E-state index contributed by atoms with van der Waals surface area (Å²) in [5.41, 5.74) is -0.166. The molecule has 0 aliphatic carbocycles. The minimum atomic E-state index is -4.83. The molecule has 244 valence electrons. The van der Waals surface area contributed by atoms with E-state index in [1.165, 1.54) is 24.3 Å². The van der Waals surface area contributed by atoms with Crippen molar-refractivity contribution >= 4 is 89.3 Å². The Labute approximate surface area is 275 Å². The number of azo groups is 1. The van der Waals surface area contributed by atoms with Gasteiger partial charge in [0.15, 0.2) is 5.75 Å². The van der Waals surface area contributed by atoms with E-state index in [2.05, 4.69) is 39.9 Å². The Morgan fingerprint density at radius 2 is 1.62 bits per heavy atom. The predicted octanol–water partition coefficient (Wildman–Crippen LogP) is 6.23. The third-order valence-corrected chi connectivity index (χ3v) is 8.78. The molecule has 5 rings (SSSR count). The monoisotopic (exact) mass is 721 g/mol. The van der Waals surface area contributed by atoms with Crippen LogP contribution < -0.4 is 10.2 Å². The highest BCUT2D eigenvalue weighted by Gasteiger charge is 2.23. The average Bonchev–Trinajstić information content (AvgIpc) is 3.02. The molecule has 5 aromatic rings. The lowest BCUT2D eigenvalue weighted by Gasteiger charge is -2.18. The maximum atomic E-state index is 12.2. The van der Waals surface area contributed by atoms with Crippen molar-refractivity contribution in [2.24, 2.45) is 10.2 Å². The van der Waals surface area contributed by atoms with Crippen LogP contribution in [-0.4, -0.2) is 58.3 Å². The summed E-state index contributed by atoms with van der Waals surface area (Å²) < 4.78 is 72.1. The van der Waals surface area contributed by atoms with E-state index in [1.54, 1.807) is 36.2 Å². The zero-order valence-corrected chi connectivity index (χ0v) is 26.7. The number of anilines is 4. The van der Waals surface area contributed by atoms with Gasteiger partial charge in [-0.15, -0.1) is 14.6 Å². The first kappa shape index (κ1) is 33.8. The first-order valence-corrected chi connectivity index (χ1v) is 16.7. The van der Waals surface area contributed by atoms with Crippen LogP contribution in [0.15, 0.2) is 97.7 Å². The van der Waals surface area contributed by atoms with Crippen LogP contribution >= 0.6 is 23.6 Å². The molecule has 0 spiro atoms. The number of halogens is 1. The Morgan fingerprint density at radius 1 is 0.915 bits per heavy atom. The molecule has 0 amide bonds. The third-order valence-electron chi connectivity index (χ3n) is 6.26. The fourth-order valence-corrected chi connectivity index (χ4v) is 6.03. The smallest absolute Gasteiger partial charge is 0.296 e. The number of phenolic OH excluding ortho intramolecular Hbond substituents is 1. The maximum absolute atomic E-state index is 12.2. The second-order valence-electron chi connectivity index (χ2n) is 9.23. The van der Waals surface area contributed by atoms with Crippen LogP contribution in [-0.2, 0) is 29.6 Å². The maximum Gasteiger partial charge on any atom is 0.296 e. The van der Waals surface area contributed by atoms with Crippen molar-refractivity contribution in [1.29, 1.82) is 0 Å². The van der Waals surface area contributed by atoms with Gasteiger partial charge in [-0.05, 0) is 59.5 Å². The molecule has 0 fully saturated rings. The summed E-state index contributed by atoms with van der Waals surface area (Å²) in [6, 6.07) is 17.3. The van der Waals surface area contributed by atoms with E-state index in [0.717, 1.165) is 18.2 Å². The van der Waals surface area contributed by atoms with Crippen molar-refractivity contribution in [3.8, 4) is 5.75 Å². The lowest BCUT2D eigenvalue weighted by Crippen LogP contribution is -2.14. The number of aromatic nitrogens is 3. The largest absolute Gasteiger partial charge is 0.505 e. The second kappa shape index (κ2) is 13.7. The standard InChI is InChI=1S/C26H20ClN7O10S3/c1-34(15-7-3-2-4-8-15)26-30-24(27)29-25(31-26)28-18-13-16(46(37,38)39)11-14-12-19(45-44-43-36)22(23(35)21(14)18)33-32-17-9-5-6-10-20(17)47(40,41)42/h2-13,35-36H,1H3,(H,37,38,39)(H,40,41,42)(H,28,29,30,31). The minimum absolute atomic E-state index is 0.0248. The summed E-state index contributed by atoms with van der Waals surface area (Å²) in [7, 11) is -7.88. The fraction of sp³-hybridized carbons (Fsp3) is 0.0385. The molecule has 4 aromatic carbocycles. The molecule has 0 bridgehead atoms. The quantitative estimate of drug-likeness (QED) is 0.0333. The van der Waals surface area contributed by atoms with Gasteiger partial charge in [-0.1, -0.05) is 35.4 Å². The van der Waals surface area contributed by atoms with Gasteiger partial charge in [0.25, 0.3) is 20.2 Å². The van der Waals surface area contributed by atoms with E-state index in [1.807, 2.05) is 6.07 Å². The number of rotatable bonds is 11. The van der Waals surface area contributed by atoms with Gasteiger partial charge in [-0.2, -0.15) is 31.8 Å². The molecule has 1 heterocycles. The number of hydrogen-bond acceptors (Lipinski definition) is 16. The normalized spacial score (nSPS) is 12.1. The zero-order valence-electron chi connectivity index (χ0n) is 23.5. The van der Waals surface area contributed by atoms with Crippen LogP contribution in [0.5, 0.6) is 5.75 Å². The molecular weight excluding hydrogens is 702 g/mol. The summed E-state index contributed by atoms with van der Waals surface area (Å²) in [5, 5.41) is 34.1. The Morgan fingerprint density at radius 3 is 2.30 bits per heavy atom. The van der Waals surface area contributed by atoms with E-state index >= 15 is 0 Å². The van der Waals surface area contributed by atoms with Crippen molar-refractivity contribution in [3.63, 3.8) is 0 Å². The number of para-hydroxylation sites is 1. The SMILES string of the molecule is CN(c1ccccc1)c1nc(Cl)nc(Nc2cc(S(=O)(=O)O)cc3cc(SOOO)c(N=Nc4ccccc4S(=O)(=O)O)c(O)c23)n1. The highest BCUT2D eigenvalue weighted by Crippen LogP contribution is 2.47. The number of nitrogens with zero attached hydrogens (tertiary/aromatic N) is 6. The van der Waals surface area contributed by atoms with Crippen LogP contribution in [0, 0.1) is 0 Å². The number of phenols is 1. The summed E-state index contributed by atoms with van der Waals surface area (Å²) in [6.07, 6.45) is 0. The van der Waals surface area contributed by atoms with E-state index in [0.29, 0.717) is 17.7 Å². The molecule has 0 saturated heterocycles. The van der Waals surface area contributed by atoms with Gasteiger partial charge in [0.05, 0.1) is 27.5 Å². The average molecular weight is 722 g/mol. The predicted molar refractivity (Wildman–Crippen MR) is 169 cm³/mol. The van der Waals surface area contributed by atoms with Crippen molar-refractivity contribution in [2.75, 3.05) is 17.3 Å². The molecule has 17 nitrogen and oxygen atoms in total. The van der Waals surface area contributed by atoms with Crippen molar-refractivity contribution < 1.29 is 45.7 Å². The molecule has 21 heteroatoms. The highest BCUT2D eigenvalue weighted by atomic mass is 35.5. The van der Waals surface area contributed by atoms with Gasteiger partial charge in [0.1, 0.15) is 16.3 Å². The molecule has 0 unspecified atom stereocenters. The fourth-order valence-electron chi connectivity index (χ4n) is 4.21. The Bertz CT molecular complexity index is 2230.